The Balaban J connectivity index is 0.000000149. The molecule has 0 N–H and O–H groups in total. The van der Waals surface area contributed by atoms with E-state index >= 15 is 0 Å². The van der Waals surface area contributed by atoms with Crippen LogP contribution in [0.5, 0.6) is 0 Å². The summed E-state index contributed by atoms with van der Waals surface area (Å²) in [6, 6.07) is 19.0. The second-order valence-corrected chi connectivity index (χ2v) is 11.2. The number of pyridine rings is 2. The first-order chi connectivity index (χ1) is 17.3. The van der Waals surface area contributed by atoms with Gasteiger partial charge in [0.15, 0.2) is 0 Å². The molecule has 0 saturated heterocycles. The number of hydrogen-bond donors (Lipinski definition) is 0. The summed E-state index contributed by atoms with van der Waals surface area (Å²) >= 11 is 13.4. The van der Waals surface area contributed by atoms with Gasteiger partial charge in [-0.2, -0.15) is 0 Å². The lowest BCUT2D eigenvalue weighted by Crippen LogP contribution is -2.06. The van der Waals surface area contributed by atoms with Crippen LogP contribution >= 0.6 is 43.5 Å². The molecule has 2 aromatic heterocycles. The van der Waals surface area contributed by atoms with Crippen molar-refractivity contribution >= 4 is 55.0 Å². The van der Waals surface area contributed by atoms with E-state index in [2.05, 4.69) is 47.9 Å². The van der Waals surface area contributed by atoms with E-state index in [0.29, 0.717) is 16.4 Å². The van der Waals surface area contributed by atoms with Crippen LogP contribution in [0.1, 0.15) is 69.6 Å². The van der Waals surface area contributed by atoms with E-state index in [-0.39, 0.29) is 21.2 Å². The number of carbonyl (C=O) groups is 2. The molecule has 2 unspecified atom stereocenters. The van der Waals surface area contributed by atoms with E-state index in [1.807, 2.05) is 49.4 Å². The van der Waals surface area contributed by atoms with E-state index in [1.165, 1.54) is 0 Å². The van der Waals surface area contributed by atoms with Gasteiger partial charge < -0.3 is 0 Å². The average Bonchev–Trinajstić information content (AvgIpc) is 3.08. The predicted molar refractivity (Wildman–Crippen MR) is 149 cm³/mol. The molecule has 0 amide bonds. The molecule has 2 aliphatic rings. The third kappa shape index (κ3) is 4.70. The molecular formula is C29H21Br2ClN2O2. The topological polar surface area (TPSA) is 59.9 Å². The summed E-state index contributed by atoms with van der Waals surface area (Å²) in [4.78, 5) is 33.5. The van der Waals surface area contributed by atoms with Gasteiger partial charge in [0.05, 0.1) is 9.65 Å². The number of alkyl halides is 2. The normalized spacial score (nSPS) is 17.9. The number of rotatable bonds is 0. The van der Waals surface area contributed by atoms with Crippen molar-refractivity contribution in [1.82, 2.24) is 9.97 Å². The molecule has 0 radical (unpaired) electrons. The van der Waals surface area contributed by atoms with E-state index in [4.69, 9.17) is 11.6 Å². The second kappa shape index (κ2) is 10.4. The summed E-state index contributed by atoms with van der Waals surface area (Å²) in [6.45, 7) is 2.03. The maximum absolute atomic E-state index is 12.6. The SMILES string of the molecule is Cc1ccc2c(c1)C(Br)C(Br)c1cccnc1C2=O.O=C1c2ccc(Cl)cc2CCc2cccnc21. The molecule has 2 aliphatic carbocycles. The fraction of sp³-hybridized carbons (Fsp3) is 0.172. The zero-order chi connectivity index (χ0) is 25.4. The average molecular weight is 625 g/mol. The number of aryl methyl sites for hydroxylation is 3. The number of benzene rings is 2. The van der Waals surface area contributed by atoms with Gasteiger partial charge in [-0.05, 0) is 72.4 Å². The third-order valence-corrected chi connectivity index (χ3v) is 9.43. The van der Waals surface area contributed by atoms with Crippen LogP contribution in [0.15, 0.2) is 73.1 Å². The number of halogens is 3. The van der Waals surface area contributed by atoms with Gasteiger partial charge in [-0.1, -0.05) is 79.4 Å². The minimum absolute atomic E-state index is 0.00278. The smallest absolute Gasteiger partial charge is 0.211 e. The molecule has 4 nitrogen and oxygen atoms in total. The Morgan fingerprint density at radius 1 is 0.750 bits per heavy atom. The molecule has 0 bridgehead atoms. The van der Waals surface area contributed by atoms with Gasteiger partial charge in [0, 0.05) is 28.5 Å². The Morgan fingerprint density at radius 3 is 2.19 bits per heavy atom. The molecule has 2 atom stereocenters. The summed E-state index contributed by atoms with van der Waals surface area (Å²) in [5.74, 6) is 0.00164. The van der Waals surface area contributed by atoms with Crippen LogP contribution in [0.2, 0.25) is 5.02 Å². The minimum atomic E-state index is -0.00278. The summed E-state index contributed by atoms with van der Waals surface area (Å²) in [5, 5.41) is 0.676. The lowest BCUT2D eigenvalue weighted by atomic mass is 9.99. The fourth-order valence-corrected chi connectivity index (χ4v) is 6.13. The van der Waals surface area contributed by atoms with Crippen molar-refractivity contribution in [3.05, 3.63) is 128 Å². The number of fused-ring (bicyclic) bond motifs is 4. The van der Waals surface area contributed by atoms with Crippen LogP contribution in [-0.4, -0.2) is 21.5 Å². The number of ketones is 2. The van der Waals surface area contributed by atoms with Gasteiger partial charge in [0.25, 0.3) is 0 Å². The van der Waals surface area contributed by atoms with Crippen LogP contribution in [0.25, 0.3) is 0 Å². The van der Waals surface area contributed by atoms with Gasteiger partial charge in [-0.15, -0.1) is 0 Å². The number of aromatic nitrogens is 2. The van der Waals surface area contributed by atoms with Crippen molar-refractivity contribution in [2.75, 3.05) is 0 Å². The van der Waals surface area contributed by atoms with Crippen LogP contribution in [0.4, 0.5) is 0 Å². The van der Waals surface area contributed by atoms with Crippen LogP contribution in [0.3, 0.4) is 0 Å². The Bertz CT molecular complexity index is 1500. The fourth-order valence-electron chi connectivity index (χ4n) is 4.62. The van der Waals surface area contributed by atoms with Crippen LogP contribution in [-0.2, 0) is 12.8 Å². The zero-order valence-corrected chi connectivity index (χ0v) is 23.3. The Hall–Kier alpha value is -2.67. The molecule has 4 aromatic rings. The molecule has 36 heavy (non-hydrogen) atoms. The van der Waals surface area contributed by atoms with Gasteiger partial charge >= 0.3 is 0 Å². The van der Waals surface area contributed by atoms with Crippen molar-refractivity contribution in [1.29, 1.82) is 0 Å². The van der Waals surface area contributed by atoms with Crippen molar-refractivity contribution < 1.29 is 9.59 Å². The van der Waals surface area contributed by atoms with Crippen LogP contribution in [0, 0.1) is 6.92 Å². The highest BCUT2D eigenvalue weighted by Crippen LogP contribution is 2.47. The molecule has 0 saturated carbocycles. The minimum Gasteiger partial charge on any atom is -0.287 e. The molecular weight excluding hydrogens is 604 g/mol. The highest BCUT2D eigenvalue weighted by atomic mass is 79.9. The highest BCUT2D eigenvalue weighted by Gasteiger charge is 2.32. The van der Waals surface area contributed by atoms with Gasteiger partial charge in [0.1, 0.15) is 11.4 Å². The van der Waals surface area contributed by atoms with Crippen molar-refractivity contribution in [2.45, 2.75) is 29.4 Å². The maximum Gasteiger partial charge on any atom is 0.211 e. The van der Waals surface area contributed by atoms with E-state index in [9.17, 15) is 9.59 Å². The molecule has 0 spiro atoms. The number of nitrogens with zero attached hydrogens (tertiary/aromatic N) is 2. The summed E-state index contributed by atoms with van der Waals surface area (Å²) in [5.41, 5.74) is 7.71. The number of carbonyl (C=O) groups excluding carboxylic acids is 2. The zero-order valence-electron chi connectivity index (χ0n) is 19.3. The largest absolute Gasteiger partial charge is 0.287 e. The quantitative estimate of drug-likeness (QED) is 0.189. The third-order valence-electron chi connectivity index (χ3n) is 6.44. The Kier molecular flexibility index (Phi) is 7.20. The monoisotopic (exact) mass is 622 g/mol. The summed E-state index contributed by atoms with van der Waals surface area (Å²) in [7, 11) is 0. The van der Waals surface area contributed by atoms with Crippen molar-refractivity contribution in [2.24, 2.45) is 0 Å². The second-order valence-electron chi connectivity index (χ2n) is 8.81. The first-order valence-electron chi connectivity index (χ1n) is 11.5. The predicted octanol–water partition coefficient (Wildman–Crippen LogP) is 7.57. The first kappa shape index (κ1) is 25.0. The Labute approximate surface area is 231 Å². The lowest BCUT2D eigenvalue weighted by Gasteiger charge is -2.16. The summed E-state index contributed by atoms with van der Waals surface area (Å²) < 4.78 is 0. The van der Waals surface area contributed by atoms with E-state index in [1.54, 1.807) is 24.5 Å². The molecule has 7 heteroatoms. The Morgan fingerprint density at radius 2 is 1.39 bits per heavy atom. The number of hydrogen-bond acceptors (Lipinski definition) is 4. The van der Waals surface area contributed by atoms with Crippen LogP contribution < -0.4 is 0 Å². The molecule has 0 fully saturated rings. The van der Waals surface area contributed by atoms with Crippen molar-refractivity contribution in [3.8, 4) is 0 Å². The first-order valence-corrected chi connectivity index (χ1v) is 13.7. The molecule has 2 aromatic carbocycles. The van der Waals surface area contributed by atoms with Gasteiger partial charge in [-0.25, -0.2) is 0 Å². The highest BCUT2D eigenvalue weighted by molar-refractivity contribution is 9.12. The van der Waals surface area contributed by atoms with E-state index in [0.717, 1.165) is 51.8 Å². The standard InChI is InChI=1S/C15H11Br2NO.C14H10ClNO/c1-8-4-5-9-11(7-8)13(17)12(16)10-3-2-6-18-14(10)15(9)19;15-11-5-6-12-10(8-11)4-3-9-2-1-7-16-13(9)14(12)17/h2-7,12-13H,1H3;1-2,5-8H,3-4H2. The van der Waals surface area contributed by atoms with Crippen molar-refractivity contribution in [3.63, 3.8) is 0 Å². The van der Waals surface area contributed by atoms with Gasteiger partial charge in [0.2, 0.25) is 11.6 Å². The van der Waals surface area contributed by atoms with E-state index < -0.39 is 0 Å². The lowest BCUT2D eigenvalue weighted by molar-refractivity contribution is 0.102. The molecule has 0 aliphatic heterocycles. The van der Waals surface area contributed by atoms with Gasteiger partial charge in [-0.3, -0.25) is 19.6 Å². The molecule has 180 valence electrons. The molecule has 2 heterocycles. The maximum atomic E-state index is 12.6. The summed E-state index contributed by atoms with van der Waals surface area (Å²) in [6.07, 6.45) is 5.00. The molecule has 6 rings (SSSR count).